The van der Waals surface area contributed by atoms with Crippen molar-refractivity contribution in [3.8, 4) is 0 Å². The molecule has 1 rings (SSSR count). The van der Waals surface area contributed by atoms with Gasteiger partial charge >= 0.3 is 0 Å². The van der Waals surface area contributed by atoms with Crippen LogP contribution in [0.4, 0.5) is 0 Å². The molecular weight excluding hydrogens is 230 g/mol. The van der Waals surface area contributed by atoms with Gasteiger partial charge in [0.1, 0.15) is 0 Å². The molecule has 0 aliphatic heterocycles. The van der Waals surface area contributed by atoms with Gasteiger partial charge in [-0.1, -0.05) is 18.2 Å². The molecule has 0 heterocycles. The zero-order valence-electron chi connectivity index (χ0n) is 9.21. The smallest absolute Gasteiger partial charge is 0.240 e. The van der Waals surface area contributed by atoms with Gasteiger partial charge in [0.2, 0.25) is 10.0 Å². The summed E-state index contributed by atoms with van der Waals surface area (Å²) in [5, 5.41) is 0. The van der Waals surface area contributed by atoms with Crippen LogP contribution in [0.15, 0.2) is 35.2 Å². The Morgan fingerprint density at radius 1 is 1.19 bits per heavy atom. The molecule has 0 aliphatic carbocycles. The third-order valence-electron chi connectivity index (χ3n) is 2.02. The van der Waals surface area contributed by atoms with E-state index < -0.39 is 16.3 Å². The Kier molecular flexibility index (Phi) is 4.88. The highest BCUT2D eigenvalue weighted by molar-refractivity contribution is 7.89. The van der Waals surface area contributed by atoms with E-state index in [9.17, 15) is 8.42 Å². The number of nitrogens with one attached hydrogen (secondary N) is 1. The Morgan fingerprint density at radius 2 is 1.75 bits per heavy atom. The molecule has 6 heteroatoms. The summed E-state index contributed by atoms with van der Waals surface area (Å²) in [5.41, 5.74) is 0. The Morgan fingerprint density at radius 3 is 2.25 bits per heavy atom. The van der Waals surface area contributed by atoms with Crippen LogP contribution in [0.1, 0.15) is 0 Å². The average molecular weight is 245 g/mol. The molecule has 0 saturated heterocycles. The summed E-state index contributed by atoms with van der Waals surface area (Å²) < 4.78 is 35.7. The van der Waals surface area contributed by atoms with Gasteiger partial charge in [0.15, 0.2) is 6.29 Å². The zero-order valence-corrected chi connectivity index (χ0v) is 10.0. The standard InChI is InChI=1S/C10H15NO4S/c1-14-10(15-2)8-11-16(12,13)9-6-4-3-5-7-9/h3-7,10-11H,8H2,1-2H3. The van der Waals surface area contributed by atoms with Gasteiger partial charge in [-0.2, -0.15) is 0 Å². The lowest BCUT2D eigenvalue weighted by Crippen LogP contribution is -2.34. The lowest BCUT2D eigenvalue weighted by molar-refractivity contribution is -0.0960. The van der Waals surface area contributed by atoms with Crippen molar-refractivity contribution in [2.75, 3.05) is 20.8 Å². The van der Waals surface area contributed by atoms with E-state index in [-0.39, 0.29) is 11.4 Å². The molecule has 0 saturated carbocycles. The van der Waals surface area contributed by atoms with E-state index in [0.29, 0.717) is 0 Å². The summed E-state index contributed by atoms with van der Waals surface area (Å²) in [5.74, 6) is 0. The minimum absolute atomic E-state index is 0.0736. The molecule has 0 bridgehead atoms. The fourth-order valence-electron chi connectivity index (χ4n) is 1.12. The van der Waals surface area contributed by atoms with Crippen molar-refractivity contribution in [2.45, 2.75) is 11.2 Å². The van der Waals surface area contributed by atoms with Crippen LogP contribution in [0.5, 0.6) is 0 Å². The summed E-state index contributed by atoms with van der Waals surface area (Å²) >= 11 is 0. The van der Waals surface area contributed by atoms with Crippen LogP contribution in [0.3, 0.4) is 0 Å². The Balaban J connectivity index is 2.67. The number of rotatable bonds is 6. The first-order valence-corrected chi connectivity index (χ1v) is 6.19. The van der Waals surface area contributed by atoms with Crippen molar-refractivity contribution in [1.29, 1.82) is 0 Å². The van der Waals surface area contributed by atoms with E-state index in [1.54, 1.807) is 18.2 Å². The highest BCUT2D eigenvalue weighted by Gasteiger charge is 2.15. The summed E-state index contributed by atoms with van der Waals surface area (Å²) in [6.07, 6.45) is -0.585. The Labute approximate surface area is 95.4 Å². The molecule has 1 aromatic carbocycles. The van der Waals surface area contributed by atoms with Gasteiger partial charge < -0.3 is 9.47 Å². The van der Waals surface area contributed by atoms with Crippen LogP contribution in [0.25, 0.3) is 0 Å². The maximum Gasteiger partial charge on any atom is 0.240 e. The molecule has 0 radical (unpaired) electrons. The largest absolute Gasteiger partial charge is 0.355 e. The highest BCUT2D eigenvalue weighted by atomic mass is 32.2. The first kappa shape index (κ1) is 13.1. The van der Waals surface area contributed by atoms with Crippen LogP contribution in [0, 0.1) is 0 Å². The molecule has 0 amide bonds. The third kappa shape index (κ3) is 3.57. The predicted octanol–water partition coefficient (Wildman–Crippen LogP) is 0.584. The molecule has 0 atom stereocenters. The average Bonchev–Trinajstić information content (AvgIpc) is 2.31. The first-order chi connectivity index (χ1) is 7.60. The molecule has 16 heavy (non-hydrogen) atoms. The van der Waals surface area contributed by atoms with E-state index in [0.717, 1.165) is 0 Å². The molecule has 90 valence electrons. The lowest BCUT2D eigenvalue weighted by Gasteiger charge is -2.14. The van der Waals surface area contributed by atoms with E-state index >= 15 is 0 Å². The monoisotopic (exact) mass is 245 g/mol. The number of hydrogen-bond acceptors (Lipinski definition) is 4. The van der Waals surface area contributed by atoms with E-state index in [2.05, 4.69) is 4.72 Å². The number of methoxy groups -OCH3 is 2. The van der Waals surface area contributed by atoms with Gasteiger partial charge in [-0.3, -0.25) is 0 Å². The minimum Gasteiger partial charge on any atom is -0.355 e. The van der Waals surface area contributed by atoms with Crippen molar-refractivity contribution >= 4 is 10.0 Å². The van der Waals surface area contributed by atoms with Gasteiger partial charge in [0.25, 0.3) is 0 Å². The second-order valence-electron chi connectivity index (χ2n) is 3.07. The van der Waals surface area contributed by atoms with Crippen LogP contribution in [-0.4, -0.2) is 35.5 Å². The molecule has 1 N–H and O–H groups in total. The van der Waals surface area contributed by atoms with E-state index in [1.807, 2.05) is 0 Å². The van der Waals surface area contributed by atoms with Crippen molar-refractivity contribution in [2.24, 2.45) is 0 Å². The van der Waals surface area contributed by atoms with Crippen molar-refractivity contribution < 1.29 is 17.9 Å². The second kappa shape index (κ2) is 5.95. The normalized spacial score (nSPS) is 11.9. The molecule has 0 aromatic heterocycles. The van der Waals surface area contributed by atoms with Gasteiger partial charge in [-0.05, 0) is 12.1 Å². The summed E-state index contributed by atoms with van der Waals surface area (Å²) in [4.78, 5) is 0.223. The maximum absolute atomic E-state index is 11.7. The number of sulfonamides is 1. The SMILES string of the molecule is COC(CNS(=O)(=O)c1ccccc1)OC. The van der Waals surface area contributed by atoms with E-state index in [4.69, 9.17) is 9.47 Å². The number of benzene rings is 1. The summed E-state index contributed by atoms with van der Waals surface area (Å²) in [7, 11) is -0.587. The summed E-state index contributed by atoms with van der Waals surface area (Å²) in [6.45, 7) is 0.0736. The molecule has 5 nitrogen and oxygen atoms in total. The molecular formula is C10H15NO4S. The number of hydrogen-bond donors (Lipinski definition) is 1. The molecule has 0 unspecified atom stereocenters. The van der Waals surface area contributed by atoms with Crippen molar-refractivity contribution in [3.05, 3.63) is 30.3 Å². The topological polar surface area (TPSA) is 64.6 Å². The van der Waals surface area contributed by atoms with Crippen LogP contribution in [-0.2, 0) is 19.5 Å². The fourth-order valence-corrected chi connectivity index (χ4v) is 2.16. The molecule has 0 fully saturated rings. The maximum atomic E-state index is 11.7. The minimum atomic E-state index is -3.49. The quantitative estimate of drug-likeness (QED) is 0.745. The van der Waals surface area contributed by atoms with Gasteiger partial charge in [-0.25, -0.2) is 13.1 Å². The highest BCUT2D eigenvalue weighted by Crippen LogP contribution is 2.07. The molecule has 0 spiro atoms. The Hall–Kier alpha value is -0.950. The van der Waals surface area contributed by atoms with Crippen LogP contribution >= 0.6 is 0 Å². The van der Waals surface area contributed by atoms with E-state index in [1.165, 1.54) is 26.4 Å². The molecule has 0 aliphatic rings. The van der Waals surface area contributed by atoms with Gasteiger partial charge in [-0.15, -0.1) is 0 Å². The fraction of sp³-hybridized carbons (Fsp3) is 0.400. The third-order valence-corrected chi connectivity index (χ3v) is 3.46. The lowest BCUT2D eigenvalue weighted by atomic mass is 10.4. The second-order valence-corrected chi connectivity index (χ2v) is 4.83. The molecule has 1 aromatic rings. The van der Waals surface area contributed by atoms with Crippen LogP contribution < -0.4 is 4.72 Å². The number of ether oxygens (including phenoxy) is 2. The van der Waals surface area contributed by atoms with Gasteiger partial charge in [0, 0.05) is 14.2 Å². The van der Waals surface area contributed by atoms with Crippen molar-refractivity contribution in [3.63, 3.8) is 0 Å². The van der Waals surface area contributed by atoms with Crippen LogP contribution in [0.2, 0.25) is 0 Å². The zero-order chi connectivity index (χ0) is 12.0. The van der Waals surface area contributed by atoms with Crippen molar-refractivity contribution in [1.82, 2.24) is 4.72 Å². The Bertz CT molecular complexity index is 400. The predicted molar refractivity (Wildman–Crippen MR) is 59.4 cm³/mol. The first-order valence-electron chi connectivity index (χ1n) is 4.70. The summed E-state index contributed by atoms with van der Waals surface area (Å²) in [6, 6.07) is 8.14. The van der Waals surface area contributed by atoms with Gasteiger partial charge in [0.05, 0.1) is 11.4 Å².